The average Bonchev–Trinajstić information content (AvgIpc) is 3.06. The summed E-state index contributed by atoms with van der Waals surface area (Å²) in [4.78, 5) is 2.50. The molecule has 2 aromatic heterocycles. The minimum atomic E-state index is 0.438. The van der Waals surface area contributed by atoms with Crippen molar-refractivity contribution in [3.8, 4) is 0 Å². The largest absolute Gasteiger partial charge is 0.366 e. The van der Waals surface area contributed by atoms with Gasteiger partial charge in [-0.25, -0.2) is 0 Å². The summed E-state index contributed by atoms with van der Waals surface area (Å²) in [6.45, 7) is 3.18. The highest BCUT2D eigenvalue weighted by atomic mass is 79.9. The lowest BCUT2D eigenvalue weighted by molar-refractivity contribution is 0.211. The van der Waals surface area contributed by atoms with Crippen molar-refractivity contribution in [2.75, 3.05) is 18.4 Å². The van der Waals surface area contributed by atoms with E-state index in [2.05, 4.69) is 71.0 Å². The number of rotatable bonds is 4. The van der Waals surface area contributed by atoms with Crippen LogP contribution >= 0.6 is 15.9 Å². The lowest BCUT2D eigenvalue weighted by Crippen LogP contribution is -2.38. The molecule has 124 valence electrons. The fraction of sp³-hybridized carbons (Fsp3) is 0.375. The molecule has 0 bridgehead atoms. The molecule has 0 spiro atoms. The van der Waals surface area contributed by atoms with E-state index in [1.807, 2.05) is 12.1 Å². The molecule has 4 rings (SSSR count). The normalized spacial score (nSPS) is 16.5. The first-order chi connectivity index (χ1) is 11.8. The molecule has 0 atom stereocenters. The summed E-state index contributed by atoms with van der Waals surface area (Å²) < 4.78 is 2.58. The molecular formula is C16H18BrN7. The van der Waals surface area contributed by atoms with Crippen LogP contribution < -0.4 is 5.32 Å². The van der Waals surface area contributed by atoms with Crippen LogP contribution in [0.3, 0.4) is 0 Å². The predicted octanol–water partition coefficient (Wildman–Crippen LogP) is 2.36. The van der Waals surface area contributed by atoms with Crippen molar-refractivity contribution in [3.05, 3.63) is 46.4 Å². The van der Waals surface area contributed by atoms with Gasteiger partial charge in [0.15, 0.2) is 5.65 Å². The third kappa shape index (κ3) is 3.54. The topological polar surface area (TPSA) is 71.2 Å². The number of likely N-dealkylation sites (tertiary alicyclic amines) is 1. The van der Waals surface area contributed by atoms with Crippen LogP contribution in [0.4, 0.5) is 5.82 Å². The summed E-state index contributed by atoms with van der Waals surface area (Å²) in [7, 11) is 0. The fourth-order valence-electron chi connectivity index (χ4n) is 3.02. The second-order valence-electron chi connectivity index (χ2n) is 6.07. The summed E-state index contributed by atoms with van der Waals surface area (Å²) in [6.07, 6.45) is 2.21. The Bertz CT molecular complexity index is 809. The van der Waals surface area contributed by atoms with E-state index in [0.717, 1.165) is 42.8 Å². The Labute approximate surface area is 148 Å². The second kappa shape index (κ2) is 6.82. The Morgan fingerprint density at radius 1 is 1.08 bits per heavy atom. The molecule has 24 heavy (non-hydrogen) atoms. The molecule has 1 aliphatic rings. The van der Waals surface area contributed by atoms with Crippen LogP contribution in [0.5, 0.6) is 0 Å². The number of fused-ring (bicyclic) bond motifs is 1. The molecule has 1 fully saturated rings. The smallest absolute Gasteiger partial charge is 0.200 e. The molecule has 0 saturated carbocycles. The Morgan fingerprint density at radius 2 is 1.88 bits per heavy atom. The molecule has 7 nitrogen and oxygen atoms in total. The number of aromatic nitrogens is 5. The van der Waals surface area contributed by atoms with E-state index in [1.165, 1.54) is 10.2 Å². The highest BCUT2D eigenvalue weighted by molar-refractivity contribution is 9.10. The summed E-state index contributed by atoms with van der Waals surface area (Å²) in [6, 6.07) is 12.8. The molecule has 1 aliphatic heterocycles. The van der Waals surface area contributed by atoms with Gasteiger partial charge in [-0.05, 0) is 53.1 Å². The van der Waals surface area contributed by atoms with Crippen molar-refractivity contribution >= 4 is 27.4 Å². The molecule has 1 aromatic carbocycles. The van der Waals surface area contributed by atoms with Gasteiger partial charge in [0.25, 0.3) is 0 Å². The monoisotopic (exact) mass is 387 g/mol. The standard InChI is InChI=1S/C16H18BrN7/c17-13-3-1-12(2-4-13)11-23-9-7-14(8-10-23)18-15-5-6-16-19-21-22-24(16)20-15/h1-6,14H,7-11H2,(H,18,20). The number of piperidine rings is 1. The van der Waals surface area contributed by atoms with Gasteiger partial charge >= 0.3 is 0 Å². The van der Waals surface area contributed by atoms with E-state index in [9.17, 15) is 0 Å². The lowest BCUT2D eigenvalue weighted by atomic mass is 10.0. The van der Waals surface area contributed by atoms with Gasteiger partial charge in [-0.15, -0.1) is 14.8 Å². The Kier molecular flexibility index (Phi) is 4.40. The number of benzene rings is 1. The van der Waals surface area contributed by atoms with Gasteiger partial charge in [-0.2, -0.15) is 0 Å². The maximum absolute atomic E-state index is 4.38. The third-order valence-electron chi connectivity index (χ3n) is 4.33. The number of anilines is 1. The van der Waals surface area contributed by atoms with Gasteiger partial charge in [-0.1, -0.05) is 28.1 Å². The summed E-state index contributed by atoms with van der Waals surface area (Å²) >= 11 is 3.48. The third-order valence-corrected chi connectivity index (χ3v) is 4.86. The van der Waals surface area contributed by atoms with E-state index in [0.29, 0.717) is 11.7 Å². The average molecular weight is 388 g/mol. The highest BCUT2D eigenvalue weighted by Gasteiger charge is 2.19. The minimum Gasteiger partial charge on any atom is -0.366 e. The van der Waals surface area contributed by atoms with Gasteiger partial charge < -0.3 is 5.32 Å². The highest BCUT2D eigenvalue weighted by Crippen LogP contribution is 2.18. The van der Waals surface area contributed by atoms with Crippen LogP contribution in [0.1, 0.15) is 18.4 Å². The van der Waals surface area contributed by atoms with E-state index in [4.69, 9.17) is 0 Å². The van der Waals surface area contributed by atoms with Crippen molar-refractivity contribution in [1.82, 2.24) is 30.2 Å². The first-order valence-electron chi connectivity index (χ1n) is 8.05. The van der Waals surface area contributed by atoms with E-state index in [1.54, 1.807) is 0 Å². The zero-order valence-corrected chi connectivity index (χ0v) is 14.7. The summed E-state index contributed by atoms with van der Waals surface area (Å²) in [5, 5.41) is 19.2. The zero-order valence-electron chi connectivity index (χ0n) is 13.1. The van der Waals surface area contributed by atoms with Crippen LogP contribution in [-0.2, 0) is 6.54 Å². The van der Waals surface area contributed by atoms with E-state index in [-0.39, 0.29) is 0 Å². The molecule has 0 aliphatic carbocycles. The molecule has 3 heterocycles. The SMILES string of the molecule is Brc1ccc(CN2CCC(Nc3ccc4nnnn4n3)CC2)cc1. The number of halogens is 1. The van der Waals surface area contributed by atoms with Gasteiger partial charge in [0, 0.05) is 30.1 Å². The second-order valence-corrected chi connectivity index (χ2v) is 6.98. The van der Waals surface area contributed by atoms with Crippen molar-refractivity contribution in [2.24, 2.45) is 0 Å². The van der Waals surface area contributed by atoms with Crippen molar-refractivity contribution in [1.29, 1.82) is 0 Å². The fourth-order valence-corrected chi connectivity index (χ4v) is 3.28. The first-order valence-corrected chi connectivity index (χ1v) is 8.84. The van der Waals surface area contributed by atoms with Crippen molar-refractivity contribution < 1.29 is 0 Å². The lowest BCUT2D eigenvalue weighted by Gasteiger charge is -2.32. The van der Waals surface area contributed by atoms with Crippen LogP contribution in [0.2, 0.25) is 0 Å². The van der Waals surface area contributed by atoms with Gasteiger partial charge in [0.1, 0.15) is 5.82 Å². The van der Waals surface area contributed by atoms with Crippen molar-refractivity contribution in [3.63, 3.8) is 0 Å². The van der Waals surface area contributed by atoms with Gasteiger partial charge in [0.2, 0.25) is 0 Å². The summed E-state index contributed by atoms with van der Waals surface area (Å²) in [5.74, 6) is 0.821. The molecule has 3 aromatic rings. The van der Waals surface area contributed by atoms with Crippen molar-refractivity contribution in [2.45, 2.75) is 25.4 Å². The number of nitrogens with one attached hydrogen (secondary N) is 1. The molecular weight excluding hydrogens is 370 g/mol. The maximum atomic E-state index is 4.38. The molecule has 0 radical (unpaired) electrons. The van der Waals surface area contributed by atoms with Crippen LogP contribution in [0.15, 0.2) is 40.9 Å². The minimum absolute atomic E-state index is 0.438. The van der Waals surface area contributed by atoms with Crippen LogP contribution in [-0.4, -0.2) is 49.3 Å². The zero-order chi connectivity index (χ0) is 16.4. The van der Waals surface area contributed by atoms with Crippen LogP contribution in [0, 0.1) is 0 Å². The van der Waals surface area contributed by atoms with Gasteiger partial charge in [0.05, 0.1) is 0 Å². The number of hydrogen-bond donors (Lipinski definition) is 1. The first kappa shape index (κ1) is 15.5. The molecule has 0 unspecified atom stereocenters. The quantitative estimate of drug-likeness (QED) is 0.740. The van der Waals surface area contributed by atoms with E-state index < -0.39 is 0 Å². The number of hydrogen-bond acceptors (Lipinski definition) is 6. The molecule has 0 amide bonds. The van der Waals surface area contributed by atoms with E-state index >= 15 is 0 Å². The molecule has 1 N–H and O–H groups in total. The Balaban J connectivity index is 1.31. The number of nitrogens with zero attached hydrogens (tertiary/aromatic N) is 6. The Morgan fingerprint density at radius 3 is 2.67 bits per heavy atom. The Hall–Kier alpha value is -2.06. The molecule has 1 saturated heterocycles. The van der Waals surface area contributed by atoms with Crippen LogP contribution in [0.25, 0.3) is 5.65 Å². The maximum Gasteiger partial charge on any atom is 0.200 e. The van der Waals surface area contributed by atoms with Gasteiger partial charge in [-0.3, -0.25) is 4.90 Å². The predicted molar refractivity (Wildman–Crippen MR) is 94.6 cm³/mol. The molecule has 8 heteroatoms. The number of tetrazole rings is 1. The summed E-state index contributed by atoms with van der Waals surface area (Å²) in [5.41, 5.74) is 2.01.